The third-order valence-electron chi connectivity index (χ3n) is 4.64. The van der Waals surface area contributed by atoms with E-state index in [4.69, 9.17) is 4.74 Å². The van der Waals surface area contributed by atoms with E-state index in [-0.39, 0.29) is 11.8 Å². The van der Waals surface area contributed by atoms with Gasteiger partial charge in [-0.25, -0.2) is 4.79 Å². The molecule has 6 nitrogen and oxygen atoms in total. The average molecular weight is 393 g/mol. The molecule has 0 aliphatic heterocycles. The van der Waals surface area contributed by atoms with E-state index in [1.54, 1.807) is 24.2 Å². The predicted molar refractivity (Wildman–Crippen MR) is 114 cm³/mol. The van der Waals surface area contributed by atoms with E-state index >= 15 is 0 Å². The number of fused-ring (bicyclic) bond motifs is 1. The molecule has 1 aromatic heterocycles. The molecule has 2 aromatic carbocycles. The van der Waals surface area contributed by atoms with Gasteiger partial charge in [0, 0.05) is 24.0 Å². The molecule has 0 aliphatic carbocycles. The van der Waals surface area contributed by atoms with Crippen molar-refractivity contribution in [3.8, 4) is 0 Å². The molecule has 0 saturated carbocycles. The number of carbonyl (C=O) groups excluding carboxylic acids is 2. The number of amides is 1. The first kappa shape index (κ1) is 20.6. The molecule has 0 spiro atoms. The van der Waals surface area contributed by atoms with Gasteiger partial charge in [0.15, 0.2) is 0 Å². The second-order valence-electron chi connectivity index (χ2n) is 8.27. The summed E-state index contributed by atoms with van der Waals surface area (Å²) in [7, 11) is 1.77. The number of ether oxygens (including phenoxy) is 1. The van der Waals surface area contributed by atoms with Gasteiger partial charge in [-0.2, -0.15) is 9.78 Å². The van der Waals surface area contributed by atoms with E-state index in [2.05, 4.69) is 5.10 Å². The van der Waals surface area contributed by atoms with Crippen LogP contribution in [0, 0.1) is 5.92 Å². The van der Waals surface area contributed by atoms with Crippen LogP contribution in [0.1, 0.15) is 33.3 Å². The molecule has 0 fully saturated rings. The smallest absolute Gasteiger partial charge is 0.435 e. The summed E-state index contributed by atoms with van der Waals surface area (Å²) in [5, 5.41) is 4.92. The zero-order valence-corrected chi connectivity index (χ0v) is 17.5. The maximum atomic E-state index is 12.9. The quantitative estimate of drug-likeness (QED) is 0.647. The fraction of sp³-hybridized carbons (Fsp3) is 0.348. The van der Waals surface area contributed by atoms with Crippen LogP contribution in [-0.2, 0) is 16.0 Å². The third-order valence-corrected chi connectivity index (χ3v) is 4.64. The Balaban J connectivity index is 1.77. The number of carbonyl (C=O) groups is 2. The van der Waals surface area contributed by atoms with E-state index in [0.29, 0.717) is 11.9 Å². The zero-order chi connectivity index (χ0) is 21.2. The summed E-state index contributed by atoms with van der Waals surface area (Å²) >= 11 is 0. The molecule has 1 amide bonds. The number of hydrogen-bond donors (Lipinski definition) is 0. The molecule has 29 heavy (non-hydrogen) atoms. The summed E-state index contributed by atoms with van der Waals surface area (Å²) in [6.45, 7) is 7.37. The van der Waals surface area contributed by atoms with E-state index in [9.17, 15) is 9.59 Å². The monoisotopic (exact) mass is 393 g/mol. The molecule has 6 heteroatoms. The Kier molecular flexibility index (Phi) is 5.73. The molecule has 0 radical (unpaired) electrons. The van der Waals surface area contributed by atoms with E-state index in [1.165, 1.54) is 4.68 Å². The lowest BCUT2D eigenvalue weighted by molar-refractivity contribution is -0.121. The van der Waals surface area contributed by atoms with Crippen LogP contribution in [-0.4, -0.2) is 34.4 Å². The van der Waals surface area contributed by atoms with Crippen molar-refractivity contribution in [2.24, 2.45) is 5.92 Å². The van der Waals surface area contributed by atoms with Gasteiger partial charge in [-0.05, 0) is 51.0 Å². The number of aromatic nitrogens is 2. The van der Waals surface area contributed by atoms with Gasteiger partial charge in [-0.1, -0.05) is 37.3 Å². The lowest BCUT2D eigenvalue weighted by atomic mass is 10.00. The molecule has 3 rings (SSSR count). The summed E-state index contributed by atoms with van der Waals surface area (Å²) < 4.78 is 6.63. The number of nitrogens with zero attached hydrogens (tertiary/aromatic N) is 3. The van der Waals surface area contributed by atoms with Gasteiger partial charge < -0.3 is 9.64 Å². The van der Waals surface area contributed by atoms with Crippen molar-refractivity contribution in [3.63, 3.8) is 0 Å². The van der Waals surface area contributed by atoms with Crippen LogP contribution in [0.3, 0.4) is 0 Å². The largest absolute Gasteiger partial charge is 0.442 e. The second kappa shape index (κ2) is 8.07. The minimum Gasteiger partial charge on any atom is -0.442 e. The number of rotatable bonds is 4. The predicted octanol–water partition coefficient (Wildman–Crippen LogP) is 4.66. The Hall–Kier alpha value is -3.15. The lowest BCUT2D eigenvalue weighted by Crippen LogP contribution is -2.32. The van der Waals surface area contributed by atoms with Gasteiger partial charge >= 0.3 is 6.09 Å². The van der Waals surface area contributed by atoms with E-state index in [0.717, 1.165) is 16.6 Å². The Labute approximate surface area is 171 Å². The van der Waals surface area contributed by atoms with Crippen LogP contribution in [0.5, 0.6) is 0 Å². The Bertz CT molecular complexity index is 1020. The maximum Gasteiger partial charge on any atom is 0.435 e. The Morgan fingerprint density at radius 1 is 1.14 bits per heavy atom. The highest BCUT2D eigenvalue weighted by Crippen LogP contribution is 2.24. The molecule has 0 aliphatic rings. The topological polar surface area (TPSA) is 64.4 Å². The molecule has 0 N–H and O–H groups in total. The molecular formula is C23H27N3O3. The van der Waals surface area contributed by atoms with Crippen LogP contribution >= 0.6 is 0 Å². The van der Waals surface area contributed by atoms with Gasteiger partial charge in [-0.15, -0.1) is 0 Å². The minimum absolute atomic E-state index is 0.0349. The maximum absolute atomic E-state index is 12.9. The molecule has 1 heterocycles. The summed E-state index contributed by atoms with van der Waals surface area (Å²) in [4.78, 5) is 26.9. The Morgan fingerprint density at radius 2 is 1.83 bits per heavy atom. The average Bonchev–Trinajstić information content (AvgIpc) is 3.09. The molecule has 1 unspecified atom stereocenters. The summed E-state index contributed by atoms with van der Waals surface area (Å²) in [5.41, 5.74) is 1.93. The molecule has 152 valence electrons. The first-order valence-electron chi connectivity index (χ1n) is 9.68. The standard InChI is InChI=1S/C23H27N3O3/c1-16(13-17-9-7-6-8-10-17)21(27)25(5)19-11-12-20-18(14-19)15-24-26(20)22(28)29-23(2,3)4/h6-12,14-16H,13H2,1-5H3. The van der Waals surface area contributed by atoms with Crippen molar-refractivity contribution in [2.75, 3.05) is 11.9 Å². The van der Waals surface area contributed by atoms with Crippen LogP contribution in [0.2, 0.25) is 0 Å². The fourth-order valence-corrected chi connectivity index (χ4v) is 3.19. The highest BCUT2D eigenvalue weighted by Gasteiger charge is 2.22. The summed E-state index contributed by atoms with van der Waals surface area (Å²) in [5.74, 6) is -0.115. The summed E-state index contributed by atoms with van der Waals surface area (Å²) in [6.07, 6.45) is 1.76. The minimum atomic E-state index is -0.600. The molecular weight excluding hydrogens is 366 g/mol. The van der Waals surface area contributed by atoms with Gasteiger partial charge in [0.05, 0.1) is 11.7 Å². The molecule has 0 saturated heterocycles. The van der Waals surface area contributed by atoms with Crippen LogP contribution < -0.4 is 4.90 Å². The lowest BCUT2D eigenvalue weighted by Gasteiger charge is -2.22. The van der Waals surface area contributed by atoms with Crippen molar-refractivity contribution in [1.82, 2.24) is 9.78 Å². The van der Waals surface area contributed by atoms with Gasteiger partial charge in [0.25, 0.3) is 0 Å². The van der Waals surface area contributed by atoms with Crippen molar-refractivity contribution in [2.45, 2.75) is 39.7 Å². The van der Waals surface area contributed by atoms with Crippen molar-refractivity contribution >= 4 is 28.6 Å². The van der Waals surface area contributed by atoms with Crippen LogP contribution in [0.25, 0.3) is 10.9 Å². The fourth-order valence-electron chi connectivity index (χ4n) is 3.19. The highest BCUT2D eigenvalue weighted by atomic mass is 16.6. The number of anilines is 1. The number of benzene rings is 2. The van der Waals surface area contributed by atoms with Crippen molar-refractivity contribution in [1.29, 1.82) is 0 Å². The second-order valence-corrected chi connectivity index (χ2v) is 8.27. The van der Waals surface area contributed by atoms with Gasteiger partial charge in [-0.3, -0.25) is 4.79 Å². The van der Waals surface area contributed by atoms with Crippen molar-refractivity contribution < 1.29 is 14.3 Å². The molecule has 1 atom stereocenters. The van der Waals surface area contributed by atoms with Crippen LogP contribution in [0.4, 0.5) is 10.5 Å². The first-order chi connectivity index (χ1) is 13.7. The molecule has 3 aromatic rings. The SMILES string of the molecule is CC(Cc1ccccc1)C(=O)N(C)c1ccc2c(cnn2C(=O)OC(C)(C)C)c1. The van der Waals surface area contributed by atoms with E-state index < -0.39 is 11.7 Å². The van der Waals surface area contributed by atoms with Crippen LogP contribution in [0.15, 0.2) is 54.7 Å². The highest BCUT2D eigenvalue weighted by molar-refractivity contribution is 5.97. The first-order valence-corrected chi connectivity index (χ1v) is 9.68. The summed E-state index contributed by atoms with van der Waals surface area (Å²) in [6, 6.07) is 15.4. The van der Waals surface area contributed by atoms with Crippen molar-refractivity contribution in [3.05, 3.63) is 60.3 Å². The van der Waals surface area contributed by atoms with Gasteiger partial charge in [0.2, 0.25) is 5.91 Å². The normalized spacial score (nSPS) is 12.6. The number of hydrogen-bond acceptors (Lipinski definition) is 4. The Morgan fingerprint density at radius 3 is 2.48 bits per heavy atom. The van der Waals surface area contributed by atoms with E-state index in [1.807, 2.05) is 70.2 Å². The zero-order valence-electron chi connectivity index (χ0n) is 17.5. The van der Waals surface area contributed by atoms with Gasteiger partial charge in [0.1, 0.15) is 5.60 Å². The molecule has 0 bridgehead atoms. The third kappa shape index (κ3) is 4.83.